The van der Waals surface area contributed by atoms with E-state index in [-0.39, 0.29) is 0 Å². The topological polar surface area (TPSA) is 0 Å². The number of hydrogen-bond acceptors (Lipinski definition) is 0. The van der Waals surface area contributed by atoms with Crippen LogP contribution in [0.25, 0.3) is 0 Å². The van der Waals surface area contributed by atoms with E-state index in [4.69, 9.17) is 0 Å². The molecule has 1 heteroatoms. The van der Waals surface area contributed by atoms with E-state index >= 15 is 0 Å². The second kappa shape index (κ2) is 16.2. The molecule has 0 aliphatic carbocycles. The summed E-state index contributed by atoms with van der Waals surface area (Å²) in [7, 11) is 1.08. The lowest BCUT2D eigenvalue weighted by atomic mass is 10.1. The largest absolute Gasteiger partial charge is 0.0987 e. The van der Waals surface area contributed by atoms with E-state index < -0.39 is 0 Å². The monoisotopic (exact) mass is 256 g/mol. The molecule has 17 heavy (non-hydrogen) atoms. The predicted octanol–water partition coefficient (Wildman–Crippen LogP) is 6.51. The molecule has 102 valence electrons. The zero-order valence-corrected chi connectivity index (χ0v) is 13.1. The maximum absolute atomic E-state index is 2.41. The molecule has 0 bridgehead atoms. The fraction of sp³-hybridized carbons (Fsp3) is 0.875. The minimum atomic E-state index is 1.08. The minimum Gasteiger partial charge on any atom is -0.0987 e. The van der Waals surface area contributed by atoms with Gasteiger partial charge in [0, 0.05) is 0 Å². The van der Waals surface area contributed by atoms with Gasteiger partial charge in [-0.25, -0.2) is 0 Å². The van der Waals surface area contributed by atoms with Crippen LogP contribution in [0.15, 0.2) is 11.9 Å². The normalized spacial score (nSPS) is 12.1. The van der Waals surface area contributed by atoms with Gasteiger partial charge in [-0.3, -0.25) is 0 Å². The van der Waals surface area contributed by atoms with Gasteiger partial charge in [0.15, 0.2) is 0 Å². The standard InChI is InChI=1S/C16H33P/c1-3-5-7-9-10-11-12-14-16-17-15-13-8-6-4-2/h13,15,17H,3-12,14,16H2,1-2H3/b15-13+. The van der Waals surface area contributed by atoms with Crippen LogP contribution in [0.1, 0.15) is 84.5 Å². The van der Waals surface area contributed by atoms with Crippen LogP contribution in [-0.4, -0.2) is 6.16 Å². The van der Waals surface area contributed by atoms with Crippen molar-refractivity contribution in [2.45, 2.75) is 84.5 Å². The van der Waals surface area contributed by atoms with Crippen molar-refractivity contribution in [3.05, 3.63) is 11.9 Å². The number of rotatable bonds is 13. The Bertz CT molecular complexity index is 152. The van der Waals surface area contributed by atoms with Gasteiger partial charge in [-0.05, 0) is 19.0 Å². The van der Waals surface area contributed by atoms with Crippen molar-refractivity contribution in [3.63, 3.8) is 0 Å². The minimum absolute atomic E-state index is 1.08. The molecule has 0 amide bonds. The van der Waals surface area contributed by atoms with Crippen molar-refractivity contribution in [2.75, 3.05) is 6.16 Å². The van der Waals surface area contributed by atoms with Crippen LogP contribution in [-0.2, 0) is 0 Å². The van der Waals surface area contributed by atoms with Gasteiger partial charge in [0.25, 0.3) is 0 Å². The van der Waals surface area contributed by atoms with Crippen molar-refractivity contribution >= 4 is 8.58 Å². The van der Waals surface area contributed by atoms with Crippen molar-refractivity contribution in [2.24, 2.45) is 0 Å². The average molecular weight is 256 g/mol. The van der Waals surface area contributed by atoms with Crippen LogP contribution in [0, 0.1) is 0 Å². The van der Waals surface area contributed by atoms with Crippen LogP contribution in [0.5, 0.6) is 0 Å². The molecule has 0 aromatic rings. The van der Waals surface area contributed by atoms with Crippen molar-refractivity contribution in [3.8, 4) is 0 Å². The van der Waals surface area contributed by atoms with Crippen LogP contribution in [0.4, 0.5) is 0 Å². The van der Waals surface area contributed by atoms with Crippen LogP contribution in [0.3, 0.4) is 0 Å². The van der Waals surface area contributed by atoms with Gasteiger partial charge in [0.2, 0.25) is 0 Å². The lowest BCUT2D eigenvalue weighted by Gasteiger charge is -2.00. The first-order valence-electron chi connectivity index (χ1n) is 7.80. The summed E-state index contributed by atoms with van der Waals surface area (Å²) in [5, 5.41) is 0. The Kier molecular flexibility index (Phi) is 16.3. The quantitative estimate of drug-likeness (QED) is 0.260. The fourth-order valence-electron chi connectivity index (χ4n) is 1.93. The summed E-state index contributed by atoms with van der Waals surface area (Å²) in [6.07, 6.45) is 19.4. The van der Waals surface area contributed by atoms with E-state index in [1.54, 1.807) is 0 Å². The Balaban J connectivity index is 2.96. The summed E-state index contributed by atoms with van der Waals surface area (Å²) in [6.45, 7) is 4.55. The van der Waals surface area contributed by atoms with E-state index in [9.17, 15) is 0 Å². The highest BCUT2D eigenvalue weighted by molar-refractivity contribution is 7.41. The van der Waals surface area contributed by atoms with Gasteiger partial charge >= 0.3 is 0 Å². The molecule has 0 radical (unpaired) electrons. The van der Waals surface area contributed by atoms with Crippen LogP contribution >= 0.6 is 8.58 Å². The zero-order chi connectivity index (χ0) is 12.6. The van der Waals surface area contributed by atoms with Gasteiger partial charge in [-0.15, -0.1) is 0 Å². The molecular formula is C16H33P. The summed E-state index contributed by atoms with van der Waals surface area (Å²) < 4.78 is 0. The van der Waals surface area contributed by atoms with E-state index in [2.05, 4.69) is 25.7 Å². The van der Waals surface area contributed by atoms with Gasteiger partial charge in [-0.2, -0.15) is 0 Å². The highest BCUT2D eigenvalue weighted by Crippen LogP contribution is 2.17. The summed E-state index contributed by atoms with van der Waals surface area (Å²) in [6, 6.07) is 0. The molecule has 0 saturated heterocycles. The summed E-state index contributed by atoms with van der Waals surface area (Å²) in [4.78, 5) is 0. The molecule has 0 N–H and O–H groups in total. The molecule has 1 atom stereocenters. The Labute approximate surface area is 111 Å². The molecule has 0 rings (SSSR count). The summed E-state index contributed by atoms with van der Waals surface area (Å²) in [5.41, 5.74) is 0. The third-order valence-corrected chi connectivity index (χ3v) is 4.25. The Morgan fingerprint density at radius 3 is 1.94 bits per heavy atom. The van der Waals surface area contributed by atoms with Crippen molar-refractivity contribution in [1.82, 2.24) is 0 Å². The molecule has 0 aliphatic heterocycles. The van der Waals surface area contributed by atoms with E-state index in [1.807, 2.05) is 0 Å². The highest BCUT2D eigenvalue weighted by atomic mass is 31.1. The zero-order valence-electron chi connectivity index (χ0n) is 12.1. The predicted molar refractivity (Wildman–Crippen MR) is 84.5 cm³/mol. The molecule has 0 aliphatic rings. The summed E-state index contributed by atoms with van der Waals surface area (Å²) >= 11 is 0. The molecule has 0 fully saturated rings. The summed E-state index contributed by atoms with van der Waals surface area (Å²) in [5.74, 6) is 2.41. The van der Waals surface area contributed by atoms with Crippen LogP contribution in [0.2, 0.25) is 0 Å². The van der Waals surface area contributed by atoms with Gasteiger partial charge in [0.05, 0.1) is 0 Å². The Morgan fingerprint density at radius 2 is 1.29 bits per heavy atom. The van der Waals surface area contributed by atoms with Crippen LogP contribution < -0.4 is 0 Å². The SMILES string of the molecule is CCCC/C=C/PCCCCCCCCCC. The highest BCUT2D eigenvalue weighted by Gasteiger charge is 1.90. The molecular weight excluding hydrogens is 223 g/mol. The molecule has 1 unspecified atom stereocenters. The Morgan fingerprint density at radius 1 is 0.706 bits per heavy atom. The third kappa shape index (κ3) is 16.2. The molecule has 0 heterocycles. The van der Waals surface area contributed by atoms with Gasteiger partial charge in [0.1, 0.15) is 0 Å². The second-order valence-corrected chi connectivity index (χ2v) is 6.22. The maximum atomic E-state index is 2.41. The molecule has 0 spiro atoms. The number of hydrogen-bond donors (Lipinski definition) is 0. The molecule has 0 nitrogen and oxygen atoms in total. The molecule has 0 saturated carbocycles. The maximum Gasteiger partial charge on any atom is -0.0319 e. The van der Waals surface area contributed by atoms with Crippen molar-refractivity contribution < 1.29 is 0 Å². The first-order valence-corrected chi connectivity index (χ1v) is 9.08. The Hall–Kier alpha value is 0.170. The lowest BCUT2D eigenvalue weighted by Crippen LogP contribution is -1.81. The second-order valence-electron chi connectivity index (χ2n) is 4.97. The number of unbranched alkanes of at least 4 members (excludes halogenated alkanes) is 9. The van der Waals surface area contributed by atoms with Crippen molar-refractivity contribution in [1.29, 1.82) is 0 Å². The van der Waals surface area contributed by atoms with Gasteiger partial charge in [-0.1, -0.05) is 92.1 Å². The van der Waals surface area contributed by atoms with E-state index in [0.29, 0.717) is 0 Å². The third-order valence-electron chi connectivity index (χ3n) is 3.13. The molecule has 0 aromatic heterocycles. The fourth-order valence-corrected chi connectivity index (χ4v) is 2.89. The van der Waals surface area contributed by atoms with E-state index in [1.165, 1.54) is 76.8 Å². The lowest BCUT2D eigenvalue weighted by molar-refractivity contribution is 0.586. The molecule has 0 aromatic carbocycles. The van der Waals surface area contributed by atoms with E-state index in [0.717, 1.165) is 8.58 Å². The average Bonchev–Trinajstić information content (AvgIpc) is 2.35. The van der Waals surface area contributed by atoms with Gasteiger partial charge < -0.3 is 0 Å². The first-order chi connectivity index (χ1) is 8.41. The number of allylic oxidation sites excluding steroid dienone is 1. The first kappa shape index (κ1) is 17.2. The smallest absolute Gasteiger partial charge is 0.0319 e.